The van der Waals surface area contributed by atoms with Crippen molar-refractivity contribution in [2.45, 2.75) is 13.3 Å². The van der Waals surface area contributed by atoms with Gasteiger partial charge in [0.2, 0.25) is 5.95 Å². The summed E-state index contributed by atoms with van der Waals surface area (Å²) in [6.07, 6.45) is 2.55. The quantitative estimate of drug-likeness (QED) is 0.717. The molecule has 0 aliphatic carbocycles. The summed E-state index contributed by atoms with van der Waals surface area (Å²) in [6.45, 7) is 2.12. The van der Waals surface area contributed by atoms with Crippen molar-refractivity contribution in [2.75, 3.05) is 17.7 Å². The van der Waals surface area contributed by atoms with E-state index < -0.39 is 0 Å². The zero-order chi connectivity index (χ0) is 16.8. The number of aryl methyl sites for hydroxylation is 1. The molecule has 3 rings (SSSR count). The molecule has 0 spiro atoms. The van der Waals surface area contributed by atoms with Crippen LogP contribution in [0.1, 0.15) is 12.5 Å². The highest BCUT2D eigenvalue weighted by Crippen LogP contribution is 2.21. The Bertz CT molecular complexity index is 805. The van der Waals surface area contributed by atoms with Gasteiger partial charge in [-0.25, -0.2) is 0 Å². The number of benzene rings is 2. The van der Waals surface area contributed by atoms with Crippen LogP contribution in [0.4, 0.5) is 23.1 Å². The van der Waals surface area contributed by atoms with E-state index in [1.54, 1.807) is 13.3 Å². The van der Waals surface area contributed by atoms with Crippen molar-refractivity contribution in [3.8, 4) is 5.75 Å². The molecule has 0 aliphatic rings. The molecule has 0 atom stereocenters. The van der Waals surface area contributed by atoms with Gasteiger partial charge in [-0.15, -0.1) is 5.10 Å². The number of hydrogen-bond acceptors (Lipinski definition) is 6. The lowest BCUT2D eigenvalue weighted by Gasteiger charge is -2.11. The second kappa shape index (κ2) is 7.41. The van der Waals surface area contributed by atoms with Crippen LogP contribution in [0.25, 0.3) is 0 Å². The summed E-state index contributed by atoms with van der Waals surface area (Å²) in [5.41, 5.74) is 3.11. The maximum Gasteiger partial charge on any atom is 0.249 e. The molecule has 0 amide bonds. The molecular weight excluding hydrogens is 302 g/mol. The Morgan fingerprint density at radius 2 is 1.79 bits per heavy atom. The number of nitrogens with one attached hydrogen (secondary N) is 2. The summed E-state index contributed by atoms with van der Waals surface area (Å²) in [5.74, 6) is 1.87. The van der Waals surface area contributed by atoms with E-state index in [0.717, 1.165) is 23.5 Å². The second-order valence-corrected chi connectivity index (χ2v) is 5.15. The summed E-state index contributed by atoms with van der Waals surface area (Å²) in [5, 5.41) is 14.4. The topological polar surface area (TPSA) is 72.0 Å². The molecule has 6 nitrogen and oxygen atoms in total. The third-order valence-corrected chi connectivity index (χ3v) is 3.57. The first-order chi connectivity index (χ1) is 11.8. The average Bonchev–Trinajstić information content (AvgIpc) is 2.63. The van der Waals surface area contributed by atoms with E-state index in [2.05, 4.69) is 38.8 Å². The number of rotatable bonds is 6. The van der Waals surface area contributed by atoms with E-state index >= 15 is 0 Å². The molecule has 3 aromatic rings. The van der Waals surface area contributed by atoms with Crippen molar-refractivity contribution in [3.05, 3.63) is 60.3 Å². The van der Waals surface area contributed by atoms with Gasteiger partial charge in [0.1, 0.15) is 5.75 Å². The fourth-order valence-corrected chi connectivity index (χ4v) is 2.31. The Kier molecular flexibility index (Phi) is 4.86. The predicted molar refractivity (Wildman–Crippen MR) is 95.2 cm³/mol. The van der Waals surface area contributed by atoms with Crippen LogP contribution in [0.15, 0.2) is 54.7 Å². The van der Waals surface area contributed by atoms with E-state index in [0.29, 0.717) is 11.8 Å². The largest absolute Gasteiger partial charge is 0.497 e. The molecule has 1 heterocycles. The van der Waals surface area contributed by atoms with Gasteiger partial charge in [0.25, 0.3) is 0 Å². The van der Waals surface area contributed by atoms with Gasteiger partial charge in [0.05, 0.1) is 13.3 Å². The van der Waals surface area contributed by atoms with Gasteiger partial charge in [0, 0.05) is 11.4 Å². The molecule has 24 heavy (non-hydrogen) atoms. The van der Waals surface area contributed by atoms with E-state index in [1.807, 2.05) is 42.5 Å². The van der Waals surface area contributed by atoms with Gasteiger partial charge in [-0.2, -0.15) is 10.1 Å². The summed E-state index contributed by atoms with van der Waals surface area (Å²) in [6, 6.07) is 15.7. The third-order valence-electron chi connectivity index (χ3n) is 3.57. The van der Waals surface area contributed by atoms with Crippen LogP contribution in [0.5, 0.6) is 5.75 Å². The van der Waals surface area contributed by atoms with Crippen molar-refractivity contribution < 1.29 is 4.74 Å². The number of methoxy groups -OCH3 is 1. The maximum atomic E-state index is 5.15. The molecule has 0 fully saturated rings. The normalized spacial score (nSPS) is 10.2. The number of aromatic nitrogens is 3. The fourth-order valence-electron chi connectivity index (χ4n) is 2.31. The van der Waals surface area contributed by atoms with Gasteiger partial charge in [-0.3, -0.25) is 0 Å². The summed E-state index contributed by atoms with van der Waals surface area (Å²) < 4.78 is 5.15. The first-order valence-electron chi connectivity index (χ1n) is 7.74. The molecule has 2 N–H and O–H groups in total. The molecule has 2 aromatic carbocycles. The lowest BCUT2D eigenvalue weighted by molar-refractivity contribution is 0.415. The Balaban J connectivity index is 1.76. The first kappa shape index (κ1) is 15.7. The van der Waals surface area contributed by atoms with Crippen LogP contribution < -0.4 is 15.4 Å². The summed E-state index contributed by atoms with van der Waals surface area (Å²) in [4.78, 5) is 4.45. The highest BCUT2D eigenvalue weighted by atomic mass is 16.5. The summed E-state index contributed by atoms with van der Waals surface area (Å²) >= 11 is 0. The Hall–Kier alpha value is -3.15. The van der Waals surface area contributed by atoms with Gasteiger partial charge in [-0.05, 0) is 42.3 Å². The van der Waals surface area contributed by atoms with Crippen molar-refractivity contribution in [2.24, 2.45) is 0 Å². The number of ether oxygens (including phenoxy) is 1. The molecule has 0 saturated carbocycles. The van der Waals surface area contributed by atoms with Crippen LogP contribution in [-0.2, 0) is 6.42 Å². The number of hydrogen-bond donors (Lipinski definition) is 2. The molecular formula is C18H19N5O. The predicted octanol–water partition coefficient (Wildman–Crippen LogP) is 3.93. The Labute approximate surface area is 140 Å². The molecule has 6 heteroatoms. The van der Waals surface area contributed by atoms with Crippen molar-refractivity contribution >= 4 is 23.1 Å². The van der Waals surface area contributed by atoms with Crippen LogP contribution >= 0.6 is 0 Å². The highest BCUT2D eigenvalue weighted by molar-refractivity contribution is 5.61. The van der Waals surface area contributed by atoms with Gasteiger partial charge >= 0.3 is 0 Å². The smallest absolute Gasteiger partial charge is 0.249 e. The lowest BCUT2D eigenvalue weighted by Crippen LogP contribution is -2.03. The summed E-state index contributed by atoms with van der Waals surface area (Å²) in [7, 11) is 1.64. The Morgan fingerprint density at radius 1 is 1.00 bits per heavy atom. The van der Waals surface area contributed by atoms with Gasteiger partial charge in [0.15, 0.2) is 5.82 Å². The van der Waals surface area contributed by atoms with Crippen molar-refractivity contribution in [1.82, 2.24) is 15.2 Å². The zero-order valence-corrected chi connectivity index (χ0v) is 13.7. The van der Waals surface area contributed by atoms with Crippen LogP contribution in [-0.4, -0.2) is 22.3 Å². The minimum absolute atomic E-state index is 0.430. The fraction of sp³-hybridized carbons (Fsp3) is 0.167. The molecule has 0 aliphatic heterocycles. The van der Waals surface area contributed by atoms with Crippen LogP contribution in [0.3, 0.4) is 0 Å². The highest BCUT2D eigenvalue weighted by Gasteiger charge is 2.04. The molecule has 1 aromatic heterocycles. The molecule has 0 radical (unpaired) electrons. The molecule has 122 valence electrons. The average molecular weight is 321 g/mol. The molecule has 0 saturated heterocycles. The monoisotopic (exact) mass is 321 g/mol. The number of nitrogens with zero attached hydrogens (tertiary/aromatic N) is 3. The van der Waals surface area contributed by atoms with E-state index in [1.165, 1.54) is 5.56 Å². The number of anilines is 4. The lowest BCUT2D eigenvalue weighted by atomic mass is 10.1. The SMILES string of the molecule is CCc1ccccc1Nc1cnnc(Nc2ccc(OC)cc2)n1. The standard InChI is InChI=1S/C18H19N5O/c1-3-13-6-4-5-7-16(13)21-17-12-19-23-18(22-17)20-14-8-10-15(24-2)11-9-14/h4-12H,3H2,1-2H3,(H2,20,21,22,23). The van der Waals surface area contributed by atoms with E-state index in [-0.39, 0.29) is 0 Å². The minimum atomic E-state index is 0.430. The van der Waals surface area contributed by atoms with Gasteiger partial charge in [-0.1, -0.05) is 25.1 Å². The third kappa shape index (κ3) is 3.78. The minimum Gasteiger partial charge on any atom is -0.497 e. The van der Waals surface area contributed by atoms with Gasteiger partial charge < -0.3 is 15.4 Å². The Morgan fingerprint density at radius 3 is 2.54 bits per heavy atom. The van der Waals surface area contributed by atoms with Crippen LogP contribution in [0, 0.1) is 0 Å². The van der Waals surface area contributed by atoms with Crippen molar-refractivity contribution in [3.63, 3.8) is 0 Å². The zero-order valence-electron chi connectivity index (χ0n) is 13.7. The molecule has 0 bridgehead atoms. The second-order valence-electron chi connectivity index (χ2n) is 5.15. The van der Waals surface area contributed by atoms with Crippen LogP contribution in [0.2, 0.25) is 0 Å². The van der Waals surface area contributed by atoms with Crippen molar-refractivity contribution in [1.29, 1.82) is 0 Å². The molecule has 0 unspecified atom stereocenters. The first-order valence-corrected chi connectivity index (χ1v) is 7.74. The van der Waals surface area contributed by atoms with E-state index in [9.17, 15) is 0 Å². The van der Waals surface area contributed by atoms with E-state index in [4.69, 9.17) is 4.74 Å². The number of para-hydroxylation sites is 1. The maximum absolute atomic E-state index is 5.15.